The van der Waals surface area contributed by atoms with Crippen molar-refractivity contribution in [3.8, 4) is 0 Å². The molecule has 0 bridgehead atoms. The predicted octanol–water partition coefficient (Wildman–Crippen LogP) is 4.57. The maximum absolute atomic E-state index is 5.71. The molecular formula is C12H26OSi. The Balaban J connectivity index is 3.89. The summed E-state index contributed by atoms with van der Waals surface area (Å²) in [4.78, 5) is 0. The average molecular weight is 214 g/mol. The summed E-state index contributed by atoms with van der Waals surface area (Å²) in [5.41, 5.74) is 0. The van der Waals surface area contributed by atoms with Crippen molar-refractivity contribution < 1.29 is 4.43 Å². The molecule has 0 radical (unpaired) electrons. The van der Waals surface area contributed by atoms with Crippen LogP contribution >= 0.6 is 0 Å². The number of hydrogen-bond donors (Lipinski definition) is 0. The Morgan fingerprint density at radius 2 is 1.57 bits per heavy atom. The molecule has 0 N–H and O–H groups in total. The molecule has 2 heteroatoms. The fourth-order valence-corrected chi connectivity index (χ4v) is 1.92. The van der Waals surface area contributed by atoms with E-state index in [0.29, 0.717) is 0 Å². The van der Waals surface area contributed by atoms with Crippen molar-refractivity contribution in [2.24, 2.45) is 5.92 Å². The molecule has 0 aliphatic rings. The van der Waals surface area contributed by atoms with Gasteiger partial charge in [0.25, 0.3) is 0 Å². The third-order valence-corrected chi connectivity index (χ3v) is 2.93. The van der Waals surface area contributed by atoms with E-state index in [9.17, 15) is 0 Å². The molecule has 0 amide bonds. The molecule has 0 heterocycles. The molecule has 0 aromatic rings. The first-order chi connectivity index (χ1) is 6.49. The van der Waals surface area contributed by atoms with E-state index in [1.54, 1.807) is 0 Å². The van der Waals surface area contributed by atoms with E-state index in [4.69, 9.17) is 4.43 Å². The third-order valence-electron chi connectivity index (χ3n) is 2.09. The first kappa shape index (κ1) is 13.8. The van der Waals surface area contributed by atoms with E-state index in [1.807, 2.05) is 6.26 Å². The summed E-state index contributed by atoms with van der Waals surface area (Å²) >= 11 is 0. The van der Waals surface area contributed by atoms with E-state index in [1.165, 1.54) is 25.7 Å². The third kappa shape index (κ3) is 8.36. The zero-order valence-corrected chi connectivity index (χ0v) is 11.5. The minimum Gasteiger partial charge on any atom is -0.550 e. The van der Waals surface area contributed by atoms with Crippen molar-refractivity contribution in [2.75, 3.05) is 0 Å². The molecule has 0 atom stereocenters. The van der Waals surface area contributed by atoms with Crippen LogP contribution in [0.2, 0.25) is 19.6 Å². The van der Waals surface area contributed by atoms with Gasteiger partial charge in [0, 0.05) is 0 Å². The van der Waals surface area contributed by atoms with Crippen molar-refractivity contribution in [1.82, 2.24) is 0 Å². The van der Waals surface area contributed by atoms with Crippen LogP contribution in [0.1, 0.15) is 39.5 Å². The fraction of sp³-hybridized carbons (Fsp3) is 0.833. The second-order valence-electron chi connectivity index (χ2n) is 4.90. The first-order valence-corrected chi connectivity index (χ1v) is 9.25. The van der Waals surface area contributed by atoms with Gasteiger partial charge in [-0.1, -0.05) is 26.7 Å². The summed E-state index contributed by atoms with van der Waals surface area (Å²) in [6.45, 7) is 11.1. The minimum absolute atomic E-state index is 0.723. The monoisotopic (exact) mass is 214 g/mol. The Bertz CT molecular complexity index is 152. The van der Waals surface area contributed by atoms with Crippen LogP contribution in [0.3, 0.4) is 0 Å². The molecule has 0 rings (SSSR count). The van der Waals surface area contributed by atoms with Crippen LogP contribution in [0.15, 0.2) is 12.3 Å². The van der Waals surface area contributed by atoms with Gasteiger partial charge < -0.3 is 4.43 Å². The van der Waals surface area contributed by atoms with Gasteiger partial charge in [0.1, 0.15) is 0 Å². The zero-order chi connectivity index (χ0) is 11.0. The Hall–Kier alpha value is -0.243. The fourth-order valence-electron chi connectivity index (χ4n) is 1.43. The van der Waals surface area contributed by atoms with Crippen LogP contribution in [0.25, 0.3) is 0 Å². The Kier molecular flexibility index (Phi) is 6.98. The van der Waals surface area contributed by atoms with Gasteiger partial charge >= 0.3 is 0 Å². The standard InChI is InChI=1S/C12H26OSi/c1-6-8-12(9-7-2)10-11-13-14(3,4)5/h10-12H,6-9H2,1-5H3/b11-10-. The molecule has 0 aromatic carbocycles. The molecule has 0 aromatic heterocycles. The largest absolute Gasteiger partial charge is 0.550 e. The Morgan fingerprint density at radius 1 is 1.07 bits per heavy atom. The molecule has 0 fully saturated rings. The molecule has 0 aliphatic heterocycles. The van der Waals surface area contributed by atoms with Crippen molar-refractivity contribution in [3.63, 3.8) is 0 Å². The lowest BCUT2D eigenvalue weighted by molar-refractivity contribution is 0.457. The van der Waals surface area contributed by atoms with Gasteiger partial charge in [-0.05, 0) is 44.5 Å². The van der Waals surface area contributed by atoms with Crippen LogP contribution in [0.5, 0.6) is 0 Å². The SMILES string of the molecule is CCCC(/C=C\O[Si](C)(C)C)CCC. The number of rotatable bonds is 7. The second-order valence-corrected chi connectivity index (χ2v) is 9.36. The van der Waals surface area contributed by atoms with Crippen LogP contribution < -0.4 is 0 Å². The zero-order valence-electron chi connectivity index (χ0n) is 10.5. The van der Waals surface area contributed by atoms with Crippen LogP contribution in [-0.2, 0) is 4.43 Å². The summed E-state index contributed by atoms with van der Waals surface area (Å²) in [6.07, 6.45) is 9.32. The number of hydrogen-bond acceptors (Lipinski definition) is 1. The van der Waals surface area contributed by atoms with E-state index >= 15 is 0 Å². The Morgan fingerprint density at radius 3 is 1.93 bits per heavy atom. The van der Waals surface area contributed by atoms with Gasteiger partial charge in [0.15, 0.2) is 0 Å². The molecule has 1 nitrogen and oxygen atoms in total. The molecule has 84 valence electrons. The summed E-state index contributed by atoms with van der Waals surface area (Å²) in [6, 6.07) is 0. The van der Waals surface area contributed by atoms with Gasteiger partial charge in [-0.25, -0.2) is 0 Å². The molecule has 14 heavy (non-hydrogen) atoms. The normalized spacial score (nSPS) is 12.7. The van der Waals surface area contributed by atoms with E-state index < -0.39 is 8.32 Å². The minimum atomic E-state index is -1.36. The van der Waals surface area contributed by atoms with E-state index in [-0.39, 0.29) is 0 Å². The van der Waals surface area contributed by atoms with Crippen LogP contribution in [0, 0.1) is 5.92 Å². The van der Waals surface area contributed by atoms with Gasteiger partial charge in [-0.3, -0.25) is 0 Å². The van der Waals surface area contributed by atoms with Crippen LogP contribution in [-0.4, -0.2) is 8.32 Å². The first-order valence-electron chi connectivity index (χ1n) is 5.84. The molecule has 0 saturated heterocycles. The average Bonchev–Trinajstić information content (AvgIpc) is 2.02. The van der Waals surface area contributed by atoms with Crippen molar-refractivity contribution >= 4 is 8.32 Å². The lowest BCUT2D eigenvalue weighted by atomic mass is 9.99. The summed E-state index contributed by atoms with van der Waals surface area (Å²) in [5.74, 6) is 0.723. The van der Waals surface area contributed by atoms with E-state index in [0.717, 1.165) is 5.92 Å². The topological polar surface area (TPSA) is 9.23 Å². The van der Waals surface area contributed by atoms with Gasteiger partial charge in [0.05, 0.1) is 6.26 Å². The quantitative estimate of drug-likeness (QED) is 0.445. The molecule has 0 unspecified atom stereocenters. The Labute approximate surface area is 90.7 Å². The van der Waals surface area contributed by atoms with Crippen LogP contribution in [0.4, 0.5) is 0 Å². The van der Waals surface area contributed by atoms with E-state index in [2.05, 4.69) is 39.6 Å². The summed E-state index contributed by atoms with van der Waals surface area (Å²) < 4.78 is 5.71. The molecule has 0 spiro atoms. The summed E-state index contributed by atoms with van der Waals surface area (Å²) in [7, 11) is -1.36. The van der Waals surface area contributed by atoms with Crippen molar-refractivity contribution in [2.45, 2.75) is 59.2 Å². The lowest BCUT2D eigenvalue weighted by Crippen LogP contribution is -2.22. The van der Waals surface area contributed by atoms with Gasteiger partial charge in [0.2, 0.25) is 8.32 Å². The lowest BCUT2D eigenvalue weighted by Gasteiger charge is -2.16. The van der Waals surface area contributed by atoms with Crippen molar-refractivity contribution in [1.29, 1.82) is 0 Å². The summed E-state index contributed by atoms with van der Waals surface area (Å²) in [5, 5.41) is 0. The molecule has 0 aliphatic carbocycles. The van der Waals surface area contributed by atoms with Gasteiger partial charge in [-0.2, -0.15) is 0 Å². The highest BCUT2D eigenvalue weighted by Gasteiger charge is 2.13. The highest BCUT2D eigenvalue weighted by molar-refractivity contribution is 6.69. The highest BCUT2D eigenvalue weighted by Crippen LogP contribution is 2.15. The van der Waals surface area contributed by atoms with Gasteiger partial charge in [-0.15, -0.1) is 0 Å². The smallest absolute Gasteiger partial charge is 0.241 e. The molecule has 0 saturated carbocycles. The highest BCUT2D eigenvalue weighted by atomic mass is 28.4. The van der Waals surface area contributed by atoms with Crippen molar-refractivity contribution in [3.05, 3.63) is 12.3 Å². The number of allylic oxidation sites excluding steroid dienone is 1. The second kappa shape index (κ2) is 7.10. The molecular weight excluding hydrogens is 188 g/mol. The maximum Gasteiger partial charge on any atom is 0.241 e. The predicted molar refractivity (Wildman–Crippen MR) is 66.9 cm³/mol. The maximum atomic E-state index is 5.71.